The Morgan fingerprint density at radius 3 is 2.85 bits per heavy atom. The number of phenols is 1. The van der Waals surface area contributed by atoms with E-state index in [9.17, 15) is 9.90 Å². The van der Waals surface area contributed by atoms with Crippen LogP contribution in [0.4, 0.5) is 0 Å². The second kappa shape index (κ2) is 4.28. The van der Waals surface area contributed by atoms with Crippen LogP contribution in [0.25, 0.3) is 0 Å². The van der Waals surface area contributed by atoms with Gasteiger partial charge in [-0.25, -0.2) is 0 Å². The van der Waals surface area contributed by atoms with Crippen LogP contribution in [0.5, 0.6) is 5.75 Å². The first-order chi connectivity index (χ1) is 6.13. The standard InChI is InChI=1S/C10H11ClO2/c1-7-2-3-10(13)8(4-7)5-9(12)6-11/h2-4,13H,5-6H2,1H3. The van der Waals surface area contributed by atoms with Crippen molar-refractivity contribution >= 4 is 17.4 Å². The number of rotatable bonds is 3. The molecular formula is C10H11ClO2. The molecule has 0 aliphatic rings. The maximum absolute atomic E-state index is 11.0. The molecule has 0 fully saturated rings. The third kappa shape index (κ3) is 2.74. The van der Waals surface area contributed by atoms with Gasteiger partial charge in [-0.15, -0.1) is 11.6 Å². The second-order valence-corrected chi connectivity index (χ2v) is 3.25. The van der Waals surface area contributed by atoms with Crippen molar-refractivity contribution in [2.75, 3.05) is 5.88 Å². The highest BCUT2D eigenvalue weighted by molar-refractivity contribution is 6.27. The van der Waals surface area contributed by atoms with Crippen LogP contribution in [0.15, 0.2) is 18.2 Å². The summed E-state index contributed by atoms with van der Waals surface area (Å²) in [6, 6.07) is 5.18. The van der Waals surface area contributed by atoms with Crippen molar-refractivity contribution in [2.24, 2.45) is 0 Å². The highest BCUT2D eigenvalue weighted by Gasteiger charge is 2.06. The molecule has 0 unspecified atom stereocenters. The number of halogens is 1. The van der Waals surface area contributed by atoms with Gasteiger partial charge in [-0.1, -0.05) is 17.7 Å². The van der Waals surface area contributed by atoms with Gasteiger partial charge in [0.25, 0.3) is 0 Å². The van der Waals surface area contributed by atoms with Crippen molar-refractivity contribution in [2.45, 2.75) is 13.3 Å². The maximum atomic E-state index is 11.0. The molecule has 0 heterocycles. The minimum atomic E-state index is -0.0810. The van der Waals surface area contributed by atoms with Crippen molar-refractivity contribution < 1.29 is 9.90 Å². The molecule has 1 aromatic rings. The highest BCUT2D eigenvalue weighted by Crippen LogP contribution is 2.18. The molecule has 0 atom stereocenters. The fraction of sp³-hybridized carbons (Fsp3) is 0.300. The normalized spacial score (nSPS) is 10.0. The molecule has 1 N–H and O–H groups in total. The summed E-state index contributed by atoms with van der Waals surface area (Å²) in [6.45, 7) is 1.91. The molecule has 3 heteroatoms. The van der Waals surface area contributed by atoms with E-state index in [1.807, 2.05) is 6.92 Å². The van der Waals surface area contributed by atoms with Gasteiger partial charge >= 0.3 is 0 Å². The zero-order chi connectivity index (χ0) is 9.84. The molecule has 0 saturated carbocycles. The number of aryl methyl sites for hydroxylation is 1. The van der Waals surface area contributed by atoms with Gasteiger partial charge in [0.2, 0.25) is 0 Å². The number of hydrogen-bond donors (Lipinski definition) is 1. The number of aromatic hydroxyl groups is 1. The Balaban J connectivity index is 2.87. The Morgan fingerprint density at radius 1 is 1.54 bits per heavy atom. The van der Waals surface area contributed by atoms with Crippen LogP contribution < -0.4 is 0 Å². The molecule has 0 aliphatic heterocycles. The van der Waals surface area contributed by atoms with E-state index < -0.39 is 0 Å². The van der Waals surface area contributed by atoms with E-state index in [2.05, 4.69) is 0 Å². The highest BCUT2D eigenvalue weighted by atomic mass is 35.5. The van der Waals surface area contributed by atoms with Crippen LogP contribution in [0.1, 0.15) is 11.1 Å². The molecule has 0 amide bonds. The third-order valence-electron chi connectivity index (χ3n) is 1.77. The molecule has 13 heavy (non-hydrogen) atoms. The van der Waals surface area contributed by atoms with E-state index in [0.717, 1.165) is 5.56 Å². The lowest BCUT2D eigenvalue weighted by atomic mass is 10.1. The Morgan fingerprint density at radius 2 is 2.23 bits per heavy atom. The summed E-state index contributed by atoms with van der Waals surface area (Å²) in [5, 5.41) is 9.38. The van der Waals surface area contributed by atoms with Crippen LogP contribution in [0, 0.1) is 6.92 Å². The first kappa shape index (κ1) is 10.1. The number of Topliss-reactive ketones (excluding diaryl/α,β-unsaturated/α-hetero) is 1. The lowest BCUT2D eigenvalue weighted by Gasteiger charge is -2.03. The fourth-order valence-electron chi connectivity index (χ4n) is 1.12. The minimum Gasteiger partial charge on any atom is -0.508 e. The first-order valence-corrected chi connectivity index (χ1v) is 4.53. The van der Waals surface area contributed by atoms with Gasteiger partial charge in [0, 0.05) is 12.0 Å². The lowest BCUT2D eigenvalue weighted by Crippen LogP contribution is -2.03. The average molecular weight is 199 g/mol. The second-order valence-electron chi connectivity index (χ2n) is 2.98. The first-order valence-electron chi connectivity index (χ1n) is 3.99. The number of carbonyl (C=O) groups excluding carboxylic acids is 1. The van der Waals surface area contributed by atoms with Crippen molar-refractivity contribution in [3.05, 3.63) is 29.3 Å². The van der Waals surface area contributed by atoms with E-state index >= 15 is 0 Å². The number of benzene rings is 1. The van der Waals surface area contributed by atoms with Gasteiger partial charge in [0.1, 0.15) is 5.75 Å². The molecule has 0 aliphatic carbocycles. The molecule has 70 valence electrons. The van der Waals surface area contributed by atoms with Crippen LogP contribution in [-0.4, -0.2) is 16.8 Å². The predicted molar refractivity (Wildman–Crippen MR) is 52.3 cm³/mol. The van der Waals surface area contributed by atoms with Crippen LogP contribution in [0.2, 0.25) is 0 Å². The van der Waals surface area contributed by atoms with Crippen molar-refractivity contribution in [3.8, 4) is 5.75 Å². The minimum absolute atomic E-state index is 0.00657. The molecule has 0 radical (unpaired) electrons. The van der Waals surface area contributed by atoms with Crippen molar-refractivity contribution in [1.82, 2.24) is 0 Å². The molecule has 0 bridgehead atoms. The summed E-state index contributed by atoms with van der Waals surface area (Å²) in [4.78, 5) is 11.0. The van der Waals surface area contributed by atoms with E-state index in [0.29, 0.717) is 5.56 Å². The van der Waals surface area contributed by atoms with Gasteiger partial charge in [0.15, 0.2) is 5.78 Å². The maximum Gasteiger partial charge on any atom is 0.152 e. The van der Waals surface area contributed by atoms with Crippen LogP contribution in [-0.2, 0) is 11.2 Å². The summed E-state index contributed by atoms with van der Waals surface area (Å²) < 4.78 is 0. The molecule has 0 saturated heterocycles. The molecule has 0 spiro atoms. The lowest BCUT2D eigenvalue weighted by molar-refractivity contribution is -0.116. The van der Waals surface area contributed by atoms with E-state index in [4.69, 9.17) is 11.6 Å². The monoisotopic (exact) mass is 198 g/mol. The van der Waals surface area contributed by atoms with Crippen molar-refractivity contribution in [3.63, 3.8) is 0 Å². The number of alkyl halides is 1. The Kier molecular flexibility index (Phi) is 3.32. The van der Waals surface area contributed by atoms with E-state index in [-0.39, 0.29) is 23.8 Å². The number of phenolic OH excluding ortho intramolecular Hbond substituents is 1. The zero-order valence-electron chi connectivity index (χ0n) is 7.38. The SMILES string of the molecule is Cc1ccc(O)c(CC(=O)CCl)c1. The van der Waals surface area contributed by atoms with Gasteiger partial charge in [-0.2, -0.15) is 0 Å². The quantitative estimate of drug-likeness (QED) is 0.755. The van der Waals surface area contributed by atoms with Gasteiger partial charge in [0.05, 0.1) is 5.88 Å². The molecule has 1 rings (SSSR count). The van der Waals surface area contributed by atoms with Gasteiger partial charge in [-0.3, -0.25) is 4.79 Å². The van der Waals surface area contributed by atoms with Gasteiger partial charge < -0.3 is 5.11 Å². The van der Waals surface area contributed by atoms with Crippen molar-refractivity contribution in [1.29, 1.82) is 0 Å². The summed E-state index contributed by atoms with van der Waals surface area (Å²) in [5.74, 6) is 0.0690. The molecule has 0 aromatic heterocycles. The van der Waals surface area contributed by atoms with Crippen LogP contribution >= 0.6 is 11.6 Å². The Labute approximate surface area is 82.2 Å². The number of carbonyl (C=O) groups is 1. The molecular weight excluding hydrogens is 188 g/mol. The smallest absolute Gasteiger partial charge is 0.152 e. The van der Waals surface area contributed by atoms with E-state index in [1.165, 1.54) is 0 Å². The molecule has 1 aromatic carbocycles. The van der Waals surface area contributed by atoms with E-state index in [1.54, 1.807) is 18.2 Å². The third-order valence-corrected chi connectivity index (χ3v) is 2.07. The fourth-order valence-corrected chi connectivity index (χ4v) is 1.21. The number of hydrogen-bond acceptors (Lipinski definition) is 2. The summed E-state index contributed by atoms with van der Waals surface area (Å²) in [7, 11) is 0. The Bertz CT molecular complexity index is 321. The topological polar surface area (TPSA) is 37.3 Å². The zero-order valence-corrected chi connectivity index (χ0v) is 8.14. The largest absolute Gasteiger partial charge is 0.508 e. The summed E-state index contributed by atoms with van der Waals surface area (Å²) in [6.07, 6.45) is 0.205. The summed E-state index contributed by atoms with van der Waals surface area (Å²) >= 11 is 5.36. The predicted octanol–water partition coefficient (Wildman–Crippen LogP) is 2.05. The van der Waals surface area contributed by atoms with Gasteiger partial charge in [-0.05, 0) is 13.0 Å². The summed E-state index contributed by atoms with van der Waals surface area (Å²) in [5.41, 5.74) is 1.67. The average Bonchev–Trinajstić information content (AvgIpc) is 2.11. The molecule has 2 nitrogen and oxygen atoms in total. The number of ketones is 1. The van der Waals surface area contributed by atoms with Crippen LogP contribution in [0.3, 0.4) is 0 Å². The Hall–Kier alpha value is -1.02.